The summed E-state index contributed by atoms with van der Waals surface area (Å²) in [6.45, 7) is 2.33. The predicted molar refractivity (Wildman–Crippen MR) is 75.9 cm³/mol. The number of nitrogens with zero attached hydrogens (tertiary/aromatic N) is 1. The lowest BCUT2D eigenvalue weighted by atomic mass is 10.1. The highest BCUT2D eigenvalue weighted by Crippen LogP contribution is 2.37. The van der Waals surface area contributed by atoms with Crippen molar-refractivity contribution >= 4 is 23.4 Å². The quantitative estimate of drug-likeness (QED) is 0.781. The third-order valence-electron chi connectivity index (χ3n) is 3.06. The van der Waals surface area contributed by atoms with Gasteiger partial charge >= 0.3 is 0 Å². The molecule has 1 aromatic carbocycles. The number of aromatic amines is 1. The normalized spacial score (nSPS) is 18.0. The Labute approximate surface area is 115 Å². The number of nitrogens with one attached hydrogen (secondary N) is 2. The summed E-state index contributed by atoms with van der Waals surface area (Å²) < 4.78 is 0. The highest BCUT2D eigenvalue weighted by atomic mass is 32.2. The standard InChI is InChI=1S/C13H14N4OS/c1-7-13(18)15-11-4-8(2-3-12(11)19-7)10-5-9(6-14)16-17-10/h2-5,7H,6,14H2,1H3,(H,15,18)(H,16,17). The predicted octanol–water partition coefficient (Wildman–Crippen LogP) is 1.97. The highest BCUT2D eigenvalue weighted by molar-refractivity contribution is 8.00. The van der Waals surface area contributed by atoms with Crippen molar-refractivity contribution in [1.82, 2.24) is 10.2 Å². The van der Waals surface area contributed by atoms with E-state index in [0.717, 1.165) is 27.5 Å². The maximum atomic E-state index is 11.7. The van der Waals surface area contributed by atoms with Crippen LogP contribution in [0.2, 0.25) is 0 Å². The zero-order valence-electron chi connectivity index (χ0n) is 10.4. The molecule has 5 nitrogen and oxygen atoms in total. The first-order valence-corrected chi connectivity index (χ1v) is 6.91. The van der Waals surface area contributed by atoms with Crippen molar-refractivity contribution in [3.63, 3.8) is 0 Å². The molecule has 98 valence electrons. The van der Waals surface area contributed by atoms with Gasteiger partial charge in [-0.05, 0) is 25.1 Å². The Morgan fingerprint density at radius 1 is 1.42 bits per heavy atom. The number of H-pyrrole nitrogens is 1. The lowest BCUT2D eigenvalue weighted by molar-refractivity contribution is -0.115. The molecule has 1 aliphatic rings. The zero-order valence-corrected chi connectivity index (χ0v) is 11.3. The van der Waals surface area contributed by atoms with Gasteiger partial charge in [-0.2, -0.15) is 5.10 Å². The molecule has 3 rings (SSSR count). The summed E-state index contributed by atoms with van der Waals surface area (Å²) in [5.41, 5.74) is 9.09. The van der Waals surface area contributed by atoms with E-state index in [1.165, 1.54) is 0 Å². The summed E-state index contributed by atoms with van der Waals surface area (Å²) in [6, 6.07) is 7.89. The van der Waals surface area contributed by atoms with Crippen molar-refractivity contribution in [3.8, 4) is 11.3 Å². The topological polar surface area (TPSA) is 83.8 Å². The Bertz CT molecular complexity index is 637. The van der Waals surface area contributed by atoms with Crippen LogP contribution in [0.5, 0.6) is 0 Å². The first kappa shape index (κ1) is 12.3. The second kappa shape index (κ2) is 4.71. The Kier molecular flexibility index (Phi) is 3.04. The Balaban J connectivity index is 1.97. The molecule has 0 aliphatic carbocycles. The van der Waals surface area contributed by atoms with Gasteiger partial charge in [0.25, 0.3) is 0 Å². The van der Waals surface area contributed by atoms with Crippen LogP contribution >= 0.6 is 11.8 Å². The molecule has 1 unspecified atom stereocenters. The first-order chi connectivity index (χ1) is 9.17. The lowest BCUT2D eigenvalue weighted by Gasteiger charge is -2.21. The molecule has 19 heavy (non-hydrogen) atoms. The van der Waals surface area contributed by atoms with E-state index in [1.54, 1.807) is 11.8 Å². The molecular formula is C13H14N4OS. The fourth-order valence-corrected chi connectivity index (χ4v) is 2.91. The second-order valence-corrected chi connectivity index (χ2v) is 5.83. The molecule has 0 saturated heterocycles. The van der Waals surface area contributed by atoms with Crippen molar-refractivity contribution in [1.29, 1.82) is 0 Å². The van der Waals surface area contributed by atoms with Crippen molar-refractivity contribution in [2.24, 2.45) is 5.73 Å². The molecule has 1 atom stereocenters. The fourth-order valence-electron chi connectivity index (χ4n) is 1.98. The van der Waals surface area contributed by atoms with Crippen molar-refractivity contribution in [2.75, 3.05) is 5.32 Å². The van der Waals surface area contributed by atoms with E-state index >= 15 is 0 Å². The van der Waals surface area contributed by atoms with Crippen molar-refractivity contribution in [3.05, 3.63) is 30.0 Å². The summed E-state index contributed by atoms with van der Waals surface area (Å²) in [7, 11) is 0. The van der Waals surface area contributed by atoms with E-state index < -0.39 is 0 Å². The van der Waals surface area contributed by atoms with Crippen LogP contribution in [0.4, 0.5) is 5.69 Å². The number of fused-ring (bicyclic) bond motifs is 1. The number of carbonyl (C=O) groups is 1. The highest BCUT2D eigenvalue weighted by Gasteiger charge is 2.23. The van der Waals surface area contributed by atoms with Gasteiger partial charge in [0.2, 0.25) is 5.91 Å². The SMILES string of the molecule is CC1Sc2ccc(-c3cc(CN)[nH]n3)cc2NC1=O. The number of anilines is 1. The molecule has 0 bridgehead atoms. The van der Waals surface area contributed by atoms with Gasteiger partial charge in [-0.1, -0.05) is 6.07 Å². The van der Waals surface area contributed by atoms with Crippen LogP contribution < -0.4 is 11.1 Å². The average molecular weight is 274 g/mol. The Morgan fingerprint density at radius 3 is 3.00 bits per heavy atom. The monoisotopic (exact) mass is 274 g/mol. The summed E-state index contributed by atoms with van der Waals surface area (Å²) in [5, 5.41) is 9.97. The number of thioether (sulfide) groups is 1. The van der Waals surface area contributed by atoms with Gasteiger partial charge in [-0.3, -0.25) is 9.89 Å². The fraction of sp³-hybridized carbons (Fsp3) is 0.231. The van der Waals surface area contributed by atoms with Crippen LogP contribution in [0, 0.1) is 0 Å². The van der Waals surface area contributed by atoms with E-state index in [0.29, 0.717) is 6.54 Å². The Morgan fingerprint density at radius 2 is 2.26 bits per heavy atom. The molecule has 1 amide bonds. The van der Waals surface area contributed by atoms with E-state index in [9.17, 15) is 4.79 Å². The number of amides is 1. The molecule has 0 radical (unpaired) electrons. The van der Waals surface area contributed by atoms with E-state index in [4.69, 9.17) is 5.73 Å². The summed E-state index contributed by atoms with van der Waals surface area (Å²) in [5.74, 6) is 0.0410. The molecule has 1 aromatic heterocycles. The summed E-state index contributed by atoms with van der Waals surface area (Å²) in [6.07, 6.45) is 0. The molecule has 4 N–H and O–H groups in total. The molecule has 0 fully saturated rings. The maximum Gasteiger partial charge on any atom is 0.237 e. The first-order valence-electron chi connectivity index (χ1n) is 6.03. The van der Waals surface area contributed by atoms with Crippen LogP contribution in [0.1, 0.15) is 12.6 Å². The van der Waals surface area contributed by atoms with Gasteiger partial charge in [0.15, 0.2) is 0 Å². The third kappa shape index (κ3) is 2.24. The lowest BCUT2D eigenvalue weighted by Crippen LogP contribution is -2.26. The van der Waals surface area contributed by atoms with Crippen LogP contribution in [-0.2, 0) is 11.3 Å². The van der Waals surface area contributed by atoms with Gasteiger partial charge in [-0.15, -0.1) is 11.8 Å². The molecule has 6 heteroatoms. The molecule has 2 heterocycles. The molecule has 0 spiro atoms. The third-order valence-corrected chi connectivity index (χ3v) is 4.23. The number of rotatable bonds is 2. The largest absolute Gasteiger partial charge is 0.325 e. The minimum absolute atomic E-state index is 0.0410. The minimum atomic E-state index is -0.0485. The second-order valence-electron chi connectivity index (χ2n) is 4.44. The van der Waals surface area contributed by atoms with Gasteiger partial charge < -0.3 is 11.1 Å². The van der Waals surface area contributed by atoms with Gasteiger partial charge in [0, 0.05) is 22.7 Å². The zero-order chi connectivity index (χ0) is 13.4. The van der Waals surface area contributed by atoms with E-state index in [1.807, 2.05) is 31.2 Å². The summed E-state index contributed by atoms with van der Waals surface area (Å²) in [4.78, 5) is 12.8. The number of aromatic nitrogens is 2. The minimum Gasteiger partial charge on any atom is -0.325 e. The van der Waals surface area contributed by atoms with Crippen LogP contribution in [0.15, 0.2) is 29.2 Å². The van der Waals surface area contributed by atoms with Gasteiger partial charge in [-0.25, -0.2) is 0 Å². The number of nitrogens with two attached hydrogens (primary N) is 1. The molecule has 2 aromatic rings. The smallest absolute Gasteiger partial charge is 0.237 e. The van der Waals surface area contributed by atoms with Crippen molar-refractivity contribution in [2.45, 2.75) is 23.6 Å². The van der Waals surface area contributed by atoms with E-state index in [2.05, 4.69) is 15.5 Å². The van der Waals surface area contributed by atoms with Gasteiger partial charge in [0.05, 0.1) is 16.6 Å². The van der Waals surface area contributed by atoms with Gasteiger partial charge in [0.1, 0.15) is 0 Å². The van der Waals surface area contributed by atoms with Crippen LogP contribution in [0.3, 0.4) is 0 Å². The van der Waals surface area contributed by atoms with Crippen LogP contribution in [0.25, 0.3) is 11.3 Å². The molecule has 0 saturated carbocycles. The summed E-state index contributed by atoms with van der Waals surface area (Å²) >= 11 is 1.57. The molecular weight excluding hydrogens is 260 g/mol. The average Bonchev–Trinajstić information content (AvgIpc) is 2.88. The van der Waals surface area contributed by atoms with Crippen molar-refractivity contribution < 1.29 is 4.79 Å². The number of hydrogen-bond donors (Lipinski definition) is 3. The number of hydrogen-bond acceptors (Lipinski definition) is 4. The number of benzene rings is 1. The number of carbonyl (C=O) groups excluding carboxylic acids is 1. The van der Waals surface area contributed by atoms with Crippen LogP contribution in [-0.4, -0.2) is 21.4 Å². The maximum absolute atomic E-state index is 11.7. The Hall–Kier alpha value is -1.79. The molecule has 1 aliphatic heterocycles. The van der Waals surface area contributed by atoms with E-state index in [-0.39, 0.29) is 11.2 Å².